The molecule has 0 radical (unpaired) electrons. The van der Waals surface area contributed by atoms with E-state index in [4.69, 9.17) is 4.74 Å². The molecular formula is C17H20N4O2S. The average molecular weight is 344 g/mol. The predicted molar refractivity (Wildman–Crippen MR) is 94.7 cm³/mol. The number of ether oxygens (including phenoxy) is 1. The molecule has 3 rings (SSSR count). The fraction of sp³-hybridized carbons (Fsp3) is 0.353. The Hall–Kier alpha value is -2.28. The van der Waals surface area contributed by atoms with Gasteiger partial charge in [0.1, 0.15) is 5.75 Å². The summed E-state index contributed by atoms with van der Waals surface area (Å²) in [5.41, 5.74) is 1.62. The van der Waals surface area contributed by atoms with Gasteiger partial charge in [0, 0.05) is 25.0 Å². The zero-order valence-corrected chi connectivity index (χ0v) is 14.8. The van der Waals surface area contributed by atoms with Gasteiger partial charge in [-0.25, -0.2) is 9.97 Å². The third-order valence-corrected chi connectivity index (χ3v) is 4.24. The minimum absolute atomic E-state index is 0.0911. The molecule has 0 fully saturated rings. The maximum Gasteiger partial charge on any atom is 0.283 e. The summed E-state index contributed by atoms with van der Waals surface area (Å²) < 4.78 is 7.18. The van der Waals surface area contributed by atoms with Crippen molar-refractivity contribution in [1.29, 1.82) is 0 Å². The lowest BCUT2D eigenvalue weighted by atomic mass is 10.2. The molecule has 1 N–H and O–H groups in total. The lowest BCUT2D eigenvalue weighted by Crippen LogP contribution is -2.24. The number of H-pyrrole nitrogens is 1. The quantitative estimate of drug-likeness (QED) is 0.742. The van der Waals surface area contributed by atoms with Crippen molar-refractivity contribution in [3.05, 3.63) is 40.9 Å². The van der Waals surface area contributed by atoms with Gasteiger partial charge in [0.2, 0.25) is 0 Å². The summed E-state index contributed by atoms with van der Waals surface area (Å²) in [6.45, 7) is 7.39. The van der Waals surface area contributed by atoms with Crippen molar-refractivity contribution in [3.63, 3.8) is 0 Å². The molecule has 0 atom stereocenters. The van der Waals surface area contributed by atoms with Gasteiger partial charge >= 0.3 is 0 Å². The summed E-state index contributed by atoms with van der Waals surface area (Å²) in [6.07, 6.45) is 3.38. The number of nitrogens with one attached hydrogen (secondary N) is 1. The Morgan fingerprint density at radius 2 is 2.21 bits per heavy atom. The summed E-state index contributed by atoms with van der Waals surface area (Å²) >= 11 is 1.25. The standard InChI is InChI=1S/C17H20N4O2S/c1-4-23-12-5-6-13-14(9-12)20-17(19-13)24-15-16(22)21(8-7-18-15)10-11(2)3/h5-9,11H,4,10H2,1-3H3,(H,19,20). The van der Waals surface area contributed by atoms with Crippen LogP contribution in [0.4, 0.5) is 0 Å². The van der Waals surface area contributed by atoms with Crippen molar-refractivity contribution < 1.29 is 4.74 Å². The Morgan fingerprint density at radius 3 is 2.96 bits per heavy atom. The molecule has 0 unspecified atom stereocenters. The van der Waals surface area contributed by atoms with Crippen LogP contribution in [0.5, 0.6) is 5.75 Å². The van der Waals surface area contributed by atoms with E-state index in [1.54, 1.807) is 17.0 Å². The first-order valence-corrected chi connectivity index (χ1v) is 8.74. The van der Waals surface area contributed by atoms with E-state index in [-0.39, 0.29) is 5.56 Å². The van der Waals surface area contributed by atoms with Gasteiger partial charge in [0.25, 0.3) is 5.56 Å². The second-order valence-electron chi connectivity index (χ2n) is 5.84. The molecule has 0 aliphatic rings. The Morgan fingerprint density at radius 1 is 1.38 bits per heavy atom. The van der Waals surface area contributed by atoms with E-state index in [1.807, 2.05) is 25.1 Å². The van der Waals surface area contributed by atoms with E-state index < -0.39 is 0 Å². The van der Waals surface area contributed by atoms with Crippen molar-refractivity contribution in [1.82, 2.24) is 19.5 Å². The van der Waals surface area contributed by atoms with Crippen LogP contribution >= 0.6 is 11.8 Å². The highest BCUT2D eigenvalue weighted by atomic mass is 32.2. The van der Waals surface area contributed by atoms with Crippen LogP contribution in [0.1, 0.15) is 20.8 Å². The van der Waals surface area contributed by atoms with Gasteiger partial charge in [-0.05, 0) is 36.7 Å². The second-order valence-corrected chi connectivity index (χ2v) is 6.82. The first-order valence-electron chi connectivity index (χ1n) is 7.92. The molecule has 3 aromatic rings. The van der Waals surface area contributed by atoms with Gasteiger partial charge in [-0.15, -0.1) is 0 Å². The summed E-state index contributed by atoms with van der Waals surface area (Å²) in [5, 5.41) is 1.06. The molecule has 0 amide bonds. The van der Waals surface area contributed by atoms with Gasteiger partial charge in [-0.2, -0.15) is 0 Å². The van der Waals surface area contributed by atoms with Crippen molar-refractivity contribution in [3.8, 4) is 5.75 Å². The highest BCUT2D eigenvalue weighted by Gasteiger charge is 2.11. The third-order valence-electron chi connectivity index (χ3n) is 3.38. The minimum Gasteiger partial charge on any atom is -0.494 e. The lowest BCUT2D eigenvalue weighted by Gasteiger charge is -2.08. The van der Waals surface area contributed by atoms with Gasteiger partial charge in [-0.3, -0.25) is 4.79 Å². The maximum absolute atomic E-state index is 12.5. The van der Waals surface area contributed by atoms with Gasteiger partial charge < -0.3 is 14.3 Å². The molecule has 0 aliphatic carbocycles. The van der Waals surface area contributed by atoms with E-state index in [1.165, 1.54) is 11.8 Å². The fourth-order valence-corrected chi connectivity index (χ4v) is 3.20. The van der Waals surface area contributed by atoms with E-state index in [2.05, 4.69) is 28.8 Å². The van der Waals surface area contributed by atoms with Crippen LogP contribution in [0.15, 0.2) is 45.6 Å². The number of hydrogen-bond donors (Lipinski definition) is 1. The minimum atomic E-state index is -0.0911. The zero-order valence-electron chi connectivity index (χ0n) is 13.9. The average Bonchev–Trinajstić information content (AvgIpc) is 2.93. The van der Waals surface area contributed by atoms with Crippen molar-refractivity contribution >= 4 is 22.8 Å². The number of hydrogen-bond acceptors (Lipinski definition) is 5. The van der Waals surface area contributed by atoms with Crippen molar-refractivity contribution in [2.75, 3.05) is 6.61 Å². The number of benzene rings is 1. The Balaban J connectivity index is 1.88. The van der Waals surface area contributed by atoms with Crippen molar-refractivity contribution in [2.24, 2.45) is 5.92 Å². The smallest absolute Gasteiger partial charge is 0.283 e. The molecule has 1 aromatic carbocycles. The predicted octanol–water partition coefficient (Wildman–Crippen LogP) is 3.33. The first-order chi connectivity index (χ1) is 11.6. The number of rotatable bonds is 6. The van der Waals surface area contributed by atoms with Crippen molar-refractivity contribution in [2.45, 2.75) is 37.5 Å². The summed E-state index contributed by atoms with van der Waals surface area (Å²) in [7, 11) is 0. The second kappa shape index (κ2) is 7.09. The number of nitrogens with zero attached hydrogens (tertiary/aromatic N) is 3. The molecule has 24 heavy (non-hydrogen) atoms. The van der Waals surface area contributed by atoms with Gasteiger partial charge in [-0.1, -0.05) is 13.8 Å². The first kappa shape index (κ1) is 16.6. The summed E-state index contributed by atoms with van der Waals surface area (Å²) in [5.74, 6) is 1.19. The molecule has 0 aliphatic heterocycles. The Kier molecular flexibility index (Phi) is 4.89. The SMILES string of the molecule is CCOc1ccc2nc(Sc3nccn(CC(C)C)c3=O)[nH]c2c1. The molecule has 0 bridgehead atoms. The number of aromatic amines is 1. The van der Waals surface area contributed by atoms with Crippen LogP contribution in [-0.2, 0) is 6.54 Å². The maximum atomic E-state index is 12.5. The van der Waals surface area contributed by atoms with Crippen LogP contribution in [0.25, 0.3) is 11.0 Å². The lowest BCUT2D eigenvalue weighted by molar-refractivity contribution is 0.340. The van der Waals surface area contributed by atoms with E-state index in [0.29, 0.717) is 29.3 Å². The van der Waals surface area contributed by atoms with Crippen LogP contribution in [0, 0.1) is 5.92 Å². The summed E-state index contributed by atoms with van der Waals surface area (Å²) in [6, 6.07) is 5.69. The normalized spacial score (nSPS) is 11.3. The molecule has 126 valence electrons. The molecule has 2 aromatic heterocycles. The van der Waals surface area contributed by atoms with Crippen LogP contribution in [-0.4, -0.2) is 26.1 Å². The topological polar surface area (TPSA) is 72.8 Å². The number of aromatic nitrogens is 4. The molecule has 2 heterocycles. The Labute approximate surface area is 144 Å². The van der Waals surface area contributed by atoms with Gasteiger partial charge in [0.15, 0.2) is 10.2 Å². The van der Waals surface area contributed by atoms with E-state index >= 15 is 0 Å². The van der Waals surface area contributed by atoms with E-state index in [9.17, 15) is 4.79 Å². The monoisotopic (exact) mass is 344 g/mol. The highest BCUT2D eigenvalue weighted by Crippen LogP contribution is 2.25. The molecule has 6 nitrogen and oxygen atoms in total. The van der Waals surface area contributed by atoms with Crippen LogP contribution in [0.3, 0.4) is 0 Å². The molecule has 0 saturated heterocycles. The highest BCUT2D eigenvalue weighted by molar-refractivity contribution is 7.99. The molecule has 7 heteroatoms. The number of imidazole rings is 1. The van der Waals surface area contributed by atoms with E-state index in [0.717, 1.165) is 16.8 Å². The zero-order chi connectivity index (χ0) is 17.1. The number of fused-ring (bicyclic) bond motifs is 1. The molecule has 0 spiro atoms. The fourth-order valence-electron chi connectivity index (χ4n) is 2.40. The van der Waals surface area contributed by atoms with Crippen LogP contribution in [0.2, 0.25) is 0 Å². The summed E-state index contributed by atoms with van der Waals surface area (Å²) in [4.78, 5) is 24.4. The molecule has 0 saturated carbocycles. The third kappa shape index (κ3) is 3.62. The Bertz CT molecular complexity index is 901. The van der Waals surface area contributed by atoms with Crippen LogP contribution < -0.4 is 10.3 Å². The van der Waals surface area contributed by atoms with Gasteiger partial charge in [0.05, 0.1) is 17.6 Å². The molecular weight excluding hydrogens is 324 g/mol. The largest absolute Gasteiger partial charge is 0.494 e.